The molecule has 0 bridgehead atoms. The predicted octanol–water partition coefficient (Wildman–Crippen LogP) is 13.6. The summed E-state index contributed by atoms with van der Waals surface area (Å²) in [6.45, 7) is 0. The van der Waals surface area contributed by atoms with Crippen LogP contribution in [0.25, 0.3) is 66.3 Å². The number of fused-ring (bicyclic) bond motifs is 13. The highest BCUT2D eigenvalue weighted by molar-refractivity contribution is 6.15. The first-order chi connectivity index (χ1) is 31.2. The summed E-state index contributed by atoms with van der Waals surface area (Å²) in [5.74, 6) is 1.48. The Kier molecular flexibility index (Phi) is 7.85. The van der Waals surface area contributed by atoms with Crippen molar-refractivity contribution in [1.82, 2.24) is 10.3 Å². The van der Waals surface area contributed by atoms with E-state index in [-0.39, 0.29) is 6.17 Å². The number of nitrogens with zero attached hydrogens (tertiary/aromatic N) is 3. The molecule has 1 spiro atoms. The van der Waals surface area contributed by atoms with Crippen LogP contribution in [0, 0.1) is 0 Å². The SMILES string of the molecule is c1ccc(C2=NC(c3ccc(-c4nc5ccccc5c5cc6c(cc45)-c4ccccc4C64c5ccccc5-c5ccccc54)cc3)=NC(c3ccc(-c4ccccc4)cc3)N2)cc1. The minimum absolute atomic E-state index is 0.310. The standard InChI is InChI=1S/C59H38N4/c1-3-15-37(16-4-1)38-27-31-41(32-28-38)57-61-56(40-17-5-2-6-18-40)62-58(63-57)42-33-29-39(30-34-42)55-49-35-48-45-21-9-13-25-52(45)59(53(48)36-47(49)46-22-10-14-26-54(46)60-55)50-23-11-7-19-43(50)44-20-8-12-24-51(44)59/h1-36,57H,(H,61,62,63). The molecule has 1 aliphatic heterocycles. The lowest BCUT2D eigenvalue weighted by Gasteiger charge is -2.30. The molecule has 4 nitrogen and oxygen atoms in total. The zero-order chi connectivity index (χ0) is 41.5. The molecule has 294 valence electrons. The third kappa shape index (κ3) is 5.38. The maximum atomic E-state index is 5.42. The quantitative estimate of drug-likeness (QED) is 0.176. The third-order valence-corrected chi connectivity index (χ3v) is 13.4. The zero-order valence-electron chi connectivity index (χ0n) is 34.2. The maximum Gasteiger partial charge on any atom is 0.159 e. The summed E-state index contributed by atoms with van der Waals surface area (Å²) in [5.41, 5.74) is 18.4. The highest BCUT2D eigenvalue weighted by Gasteiger charge is 2.51. The molecule has 0 amide bonds. The smallest absolute Gasteiger partial charge is 0.159 e. The minimum Gasteiger partial charge on any atom is -0.344 e. The average molecular weight is 803 g/mol. The van der Waals surface area contributed by atoms with Crippen LogP contribution >= 0.6 is 0 Å². The van der Waals surface area contributed by atoms with E-state index >= 15 is 0 Å². The molecule has 13 rings (SSSR count). The summed E-state index contributed by atoms with van der Waals surface area (Å²) in [5, 5.41) is 7.11. The van der Waals surface area contributed by atoms with Crippen LogP contribution in [0.15, 0.2) is 228 Å². The van der Waals surface area contributed by atoms with Gasteiger partial charge in [0, 0.05) is 27.5 Å². The molecule has 9 aromatic carbocycles. The van der Waals surface area contributed by atoms with Crippen molar-refractivity contribution < 1.29 is 0 Å². The number of hydrogen-bond donors (Lipinski definition) is 1. The second-order valence-corrected chi connectivity index (χ2v) is 16.7. The van der Waals surface area contributed by atoms with E-state index in [0.717, 1.165) is 50.1 Å². The lowest BCUT2D eigenvalue weighted by atomic mass is 9.70. The van der Waals surface area contributed by atoms with Gasteiger partial charge in [-0.05, 0) is 84.8 Å². The van der Waals surface area contributed by atoms with Crippen molar-refractivity contribution in [1.29, 1.82) is 0 Å². The second kappa shape index (κ2) is 13.9. The van der Waals surface area contributed by atoms with E-state index < -0.39 is 5.41 Å². The lowest BCUT2D eigenvalue weighted by molar-refractivity contribution is 0.674. The van der Waals surface area contributed by atoms with Gasteiger partial charge in [-0.2, -0.15) is 0 Å². The molecule has 63 heavy (non-hydrogen) atoms. The van der Waals surface area contributed by atoms with Gasteiger partial charge in [-0.15, -0.1) is 0 Å². The molecule has 0 saturated carbocycles. The van der Waals surface area contributed by atoms with Crippen molar-refractivity contribution in [3.8, 4) is 44.6 Å². The van der Waals surface area contributed by atoms with E-state index in [4.69, 9.17) is 15.0 Å². The van der Waals surface area contributed by atoms with Crippen LogP contribution in [0.1, 0.15) is 45.1 Å². The number of aromatic nitrogens is 1. The molecule has 0 saturated heterocycles. The van der Waals surface area contributed by atoms with E-state index in [0.29, 0.717) is 5.84 Å². The number of pyridine rings is 1. The fourth-order valence-corrected chi connectivity index (χ4v) is 10.5. The van der Waals surface area contributed by atoms with Gasteiger partial charge in [0.1, 0.15) is 12.0 Å². The van der Waals surface area contributed by atoms with Crippen LogP contribution in [-0.2, 0) is 5.41 Å². The van der Waals surface area contributed by atoms with E-state index in [2.05, 4.69) is 199 Å². The molecule has 0 radical (unpaired) electrons. The van der Waals surface area contributed by atoms with Crippen LogP contribution in [-0.4, -0.2) is 16.7 Å². The van der Waals surface area contributed by atoms with Crippen LogP contribution < -0.4 is 5.32 Å². The second-order valence-electron chi connectivity index (χ2n) is 16.7. The Balaban J connectivity index is 0.954. The van der Waals surface area contributed by atoms with Gasteiger partial charge in [0.15, 0.2) is 5.84 Å². The van der Waals surface area contributed by atoms with Gasteiger partial charge in [-0.3, -0.25) is 0 Å². The van der Waals surface area contributed by atoms with Gasteiger partial charge in [0.05, 0.1) is 16.6 Å². The van der Waals surface area contributed by atoms with Gasteiger partial charge in [0.25, 0.3) is 0 Å². The Labute approximate surface area is 365 Å². The van der Waals surface area contributed by atoms with Gasteiger partial charge in [0.2, 0.25) is 0 Å². The molecular weight excluding hydrogens is 765 g/mol. The fraction of sp³-hybridized carbons (Fsp3) is 0.0339. The normalized spacial score (nSPS) is 15.3. The summed E-state index contributed by atoms with van der Waals surface area (Å²) in [6, 6.07) is 78.6. The number of nitrogens with one attached hydrogen (secondary N) is 1. The maximum absolute atomic E-state index is 5.42. The van der Waals surface area contributed by atoms with E-state index in [1.54, 1.807) is 0 Å². The van der Waals surface area contributed by atoms with Gasteiger partial charge < -0.3 is 5.32 Å². The van der Waals surface area contributed by atoms with Crippen LogP contribution in [0.4, 0.5) is 0 Å². The number of aliphatic imine (C=N–C) groups is 2. The number of rotatable bonds is 5. The van der Waals surface area contributed by atoms with Crippen molar-refractivity contribution in [2.75, 3.05) is 0 Å². The Bertz CT molecular complexity index is 3470. The fourth-order valence-electron chi connectivity index (χ4n) is 10.5. The van der Waals surface area contributed by atoms with Gasteiger partial charge in [-0.25, -0.2) is 15.0 Å². The molecular formula is C59H38N4. The molecule has 1 atom stereocenters. The van der Waals surface area contributed by atoms with Crippen molar-refractivity contribution >= 4 is 33.3 Å². The molecule has 2 aliphatic carbocycles. The van der Waals surface area contributed by atoms with Crippen LogP contribution in [0.3, 0.4) is 0 Å². The van der Waals surface area contributed by atoms with Crippen molar-refractivity contribution in [2.45, 2.75) is 11.6 Å². The molecule has 1 N–H and O–H groups in total. The zero-order valence-corrected chi connectivity index (χ0v) is 34.2. The van der Waals surface area contributed by atoms with E-state index in [9.17, 15) is 0 Å². The Hall–Kier alpha value is -8.21. The molecule has 1 unspecified atom stereocenters. The summed E-state index contributed by atoms with van der Waals surface area (Å²) in [6.07, 6.45) is -0.310. The van der Waals surface area contributed by atoms with Crippen molar-refractivity contribution in [2.24, 2.45) is 9.98 Å². The number of amidine groups is 2. The van der Waals surface area contributed by atoms with Crippen LogP contribution in [0.5, 0.6) is 0 Å². The van der Waals surface area contributed by atoms with E-state index in [1.165, 1.54) is 61.0 Å². The largest absolute Gasteiger partial charge is 0.344 e. The van der Waals surface area contributed by atoms with Gasteiger partial charge >= 0.3 is 0 Å². The van der Waals surface area contributed by atoms with E-state index in [1.807, 2.05) is 24.3 Å². The summed E-state index contributed by atoms with van der Waals surface area (Å²) in [4.78, 5) is 15.8. The van der Waals surface area contributed by atoms with Crippen LogP contribution in [0.2, 0.25) is 0 Å². The molecule has 4 heteroatoms. The van der Waals surface area contributed by atoms with Crippen molar-refractivity contribution in [3.05, 3.63) is 257 Å². The predicted molar refractivity (Wildman–Crippen MR) is 258 cm³/mol. The topological polar surface area (TPSA) is 49.6 Å². The van der Waals surface area contributed by atoms with Gasteiger partial charge in [-0.1, -0.05) is 200 Å². The Morgan fingerprint density at radius 2 is 0.905 bits per heavy atom. The summed E-state index contributed by atoms with van der Waals surface area (Å²) >= 11 is 0. The average Bonchev–Trinajstić information content (AvgIpc) is 3.83. The Morgan fingerprint density at radius 3 is 1.57 bits per heavy atom. The number of hydrogen-bond acceptors (Lipinski definition) is 4. The molecule has 0 fully saturated rings. The highest BCUT2D eigenvalue weighted by Crippen LogP contribution is 2.63. The molecule has 2 heterocycles. The summed E-state index contributed by atoms with van der Waals surface area (Å²) < 4.78 is 0. The third-order valence-electron chi connectivity index (χ3n) is 13.4. The minimum atomic E-state index is -0.421. The first-order valence-electron chi connectivity index (χ1n) is 21.6. The number of benzene rings is 9. The number of para-hydroxylation sites is 1. The monoisotopic (exact) mass is 802 g/mol. The molecule has 10 aromatic rings. The lowest BCUT2D eigenvalue weighted by Crippen LogP contribution is -2.33. The highest BCUT2D eigenvalue weighted by atomic mass is 15.2. The molecule has 1 aromatic heterocycles. The first-order valence-corrected chi connectivity index (χ1v) is 21.6. The summed E-state index contributed by atoms with van der Waals surface area (Å²) in [7, 11) is 0. The molecule has 3 aliphatic rings. The first kappa shape index (κ1) is 35.5. The van der Waals surface area contributed by atoms with Crippen molar-refractivity contribution in [3.63, 3.8) is 0 Å². The Morgan fingerprint density at radius 1 is 0.381 bits per heavy atom.